The lowest BCUT2D eigenvalue weighted by Crippen LogP contribution is -2.52. The maximum Gasteiger partial charge on any atom is 0.137 e. The molecule has 196 valence electrons. The standard InChI is InChI=1S/C26H27F2N9O/c27-22-5-6-24(25(28)11-22)26(38,17-37-19-30-18-31-37)16-35-9-7-34(8-10-35)14-23-15-36(33-32-23)13-21-4-2-1-3-20(21)12-29/h1-6,11,15,18-19,38H,7-10,13-14,16-17H2. The molecule has 1 fully saturated rings. The number of hydrogen-bond donors (Lipinski definition) is 1. The van der Waals surface area contributed by atoms with Crippen molar-refractivity contribution in [3.05, 3.63) is 95.3 Å². The molecule has 1 N–H and O–H groups in total. The van der Waals surface area contributed by atoms with Crippen LogP contribution in [-0.2, 0) is 25.2 Å². The van der Waals surface area contributed by atoms with Crippen LogP contribution in [0.15, 0.2) is 61.3 Å². The lowest BCUT2D eigenvalue weighted by Gasteiger charge is -2.39. The Morgan fingerprint density at radius 1 is 0.974 bits per heavy atom. The number of nitrogens with zero attached hydrogens (tertiary/aromatic N) is 9. The van der Waals surface area contributed by atoms with Crippen molar-refractivity contribution in [1.82, 2.24) is 39.6 Å². The van der Waals surface area contributed by atoms with Crippen LogP contribution in [0.2, 0.25) is 0 Å². The SMILES string of the molecule is N#Cc1ccccc1Cn1cc(CN2CCN(CC(O)(Cn3cncn3)c3ccc(F)cc3F)CC2)nn1. The van der Waals surface area contributed by atoms with Crippen molar-refractivity contribution in [1.29, 1.82) is 5.26 Å². The normalized spacial score (nSPS) is 16.3. The Morgan fingerprint density at radius 3 is 2.50 bits per heavy atom. The Morgan fingerprint density at radius 2 is 1.76 bits per heavy atom. The van der Waals surface area contributed by atoms with Gasteiger partial charge in [-0.15, -0.1) is 5.10 Å². The van der Waals surface area contributed by atoms with Crippen molar-refractivity contribution in [2.75, 3.05) is 32.7 Å². The lowest BCUT2D eigenvalue weighted by molar-refractivity contribution is -0.0324. The van der Waals surface area contributed by atoms with E-state index in [0.29, 0.717) is 31.7 Å². The summed E-state index contributed by atoms with van der Waals surface area (Å²) in [5.74, 6) is -1.50. The van der Waals surface area contributed by atoms with Crippen molar-refractivity contribution in [3.63, 3.8) is 0 Å². The van der Waals surface area contributed by atoms with Crippen molar-refractivity contribution < 1.29 is 13.9 Å². The second-order valence-corrected chi connectivity index (χ2v) is 9.48. The average Bonchev–Trinajstić information content (AvgIpc) is 3.57. The van der Waals surface area contributed by atoms with Crippen molar-refractivity contribution >= 4 is 0 Å². The van der Waals surface area contributed by atoms with E-state index in [1.165, 1.54) is 23.4 Å². The van der Waals surface area contributed by atoms with E-state index in [9.17, 15) is 19.1 Å². The second kappa shape index (κ2) is 11.1. The molecule has 1 aliphatic rings. The first-order valence-electron chi connectivity index (χ1n) is 12.2. The molecular weight excluding hydrogens is 492 g/mol. The zero-order chi connectivity index (χ0) is 26.5. The third kappa shape index (κ3) is 5.91. The number of aliphatic hydroxyl groups is 1. The van der Waals surface area contributed by atoms with E-state index < -0.39 is 17.2 Å². The van der Waals surface area contributed by atoms with Gasteiger partial charge in [0, 0.05) is 50.9 Å². The van der Waals surface area contributed by atoms with E-state index in [2.05, 4.69) is 36.3 Å². The zero-order valence-electron chi connectivity index (χ0n) is 20.7. The van der Waals surface area contributed by atoms with Gasteiger partial charge in [-0.1, -0.05) is 29.5 Å². The van der Waals surface area contributed by atoms with Crippen LogP contribution >= 0.6 is 0 Å². The summed E-state index contributed by atoms with van der Waals surface area (Å²) < 4.78 is 31.4. The molecule has 0 radical (unpaired) electrons. The van der Waals surface area contributed by atoms with Gasteiger partial charge in [0.05, 0.1) is 36.6 Å². The van der Waals surface area contributed by atoms with Gasteiger partial charge in [0.2, 0.25) is 0 Å². The molecule has 2 aromatic carbocycles. The minimum Gasteiger partial charge on any atom is -0.382 e. The first-order chi connectivity index (χ1) is 18.4. The van der Waals surface area contributed by atoms with Crippen LogP contribution in [0.1, 0.15) is 22.4 Å². The molecule has 2 aromatic heterocycles. The Bertz CT molecular complexity index is 1410. The Labute approximate surface area is 218 Å². The molecule has 38 heavy (non-hydrogen) atoms. The van der Waals surface area contributed by atoms with Gasteiger partial charge < -0.3 is 5.11 Å². The summed E-state index contributed by atoms with van der Waals surface area (Å²) in [6.45, 7) is 3.94. The number of halogens is 2. The van der Waals surface area contributed by atoms with E-state index >= 15 is 0 Å². The Hall–Kier alpha value is -4.05. The highest BCUT2D eigenvalue weighted by Crippen LogP contribution is 2.28. The van der Waals surface area contributed by atoms with Crippen LogP contribution in [0, 0.1) is 23.0 Å². The molecular formula is C26H27F2N9O. The molecule has 0 bridgehead atoms. The van der Waals surface area contributed by atoms with Crippen molar-refractivity contribution in [3.8, 4) is 6.07 Å². The Kier molecular flexibility index (Phi) is 7.50. The van der Waals surface area contributed by atoms with Crippen LogP contribution in [-0.4, -0.2) is 77.4 Å². The number of nitriles is 1. The number of benzene rings is 2. The Balaban J connectivity index is 1.20. The quantitative estimate of drug-likeness (QED) is 0.356. The molecule has 3 heterocycles. The summed E-state index contributed by atoms with van der Waals surface area (Å²) in [6, 6.07) is 12.8. The number of piperazine rings is 1. The number of hydrogen-bond acceptors (Lipinski definition) is 8. The fourth-order valence-electron chi connectivity index (χ4n) is 4.80. The van der Waals surface area contributed by atoms with Crippen LogP contribution in [0.4, 0.5) is 8.78 Å². The first-order valence-corrected chi connectivity index (χ1v) is 12.2. The minimum atomic E-state index is -1.63. The van der Waals surface area contributed by atoms with E-state index in [1.54, 1.807) is 10.7 Å². The fraction of sp³-hybridized carbons (Fsp3) is 0.346. The maximum absolute atomic E-state index is 14.7. The van der Waals surface area contributed by atoms with Gasteiger partial charge in [-0.05, 0) is 17.7 Å². The molecule has 1 atom stereocenters. The summed E-state index contributed by atoms with van der Waals surface area (Å²) in [5, 5.41) is 33.4. The molecule has 1 unspecified atom stereocenters. The largest absolute Gasteiger partial charge is 0.382 e. The molecule has 0 spiro atoms. The second-order valence-electron chi connectivity index (χ2n) is 9.48. The van der Waals surface area contributed by atoms with Crippen LogP contribution in [0.3, 0.4) is 0 Å². The summed E-state index contributed by atoms with van der Waals surface area (Å²) >= 11 is 0. The monoisotopic (exact) mass is 519 g/mol. The molecule has 0 amide bonds. The fourth-order valence-corrected chi connectivity index (χ4v) is 4.80. The highest BCUT2D eigenvalue weighted by Gasteiger charge is 2.36. The summed E-state index contributed by atoms with van der Waals surface area (Å²) in [6.07, 6.45) is 4.68. The van der Waals surface area contributed by atoms with E-state index in [0.717, 1.165) is 36.5 Å². The van der Waals surface area contributed by atoms with Crippen molar-refractivity contribution in [2.24, 2.45) is 0 Å². The predicted octanol–water partition coefficient (Wildman–Crippen LogP) is 1.77. The van der Waals surface area contributed by atoms with Gasteiger partial charge in [-0.25, -0.2) is 23.1 Å². The number of rotatable bonds is 9. The molecule has 0 saturated carbocycles. The average molecular weight is 520 g/mol. The van der Waals surface area contributed by atoms with Crippen LogP contribution in [0.25, 0.3) is 0 Å². The highest BCUT2D eigenvalue weighted by atomic mass is 19.1. The smallest absolute Gasteiger partial charge is 0.137 e. The van der Waals surface area contributed by atoms with E-state index in [-0.39, 0.29) is 18.7 Å². The van der Waals surface area contributed by atoms with E-state index in [1.807, 2.05) is 24.4 Å². The highest BCUT2D eigenvalue weighted by molar-refractivity contribution is 5.37. The molecule has 5 rings (SSSR count). The zero-order valence-corrected chi connectivity index (χ0v) is 20.7. The van der Waals surface area contributed by atoms with Gasteiger partial charge in [-0.2, -0.15) is 10.4 Å². The lowest BCUT2D eigenvalue weighted by atomic mass is 9.92. The van der Waals surface area contributed by atoms with Crippen molar-refractivity contribution in [2.45, 2.75) is 25.2 Å². The van der Waals surface area contributed by atoms with Crippen LogP contribution in [0.5, 0.6) is 0 Å². The van der Waals surface area contributed by atoms with Crippen LogP contribution < -0.4 is 0 Å². The van der Waals surface area contributed by atoms with Gasteiger partial charge in [0.25, 0.3) is 0 Å². The third-order valence-corrected chi connectivity index (χ3v) is 6.71. The number of β-amino-alcohol motifs (C(OH)–C–C–N with tert-alkyl or cyclic N) is 1. The van der Waals surface area contributed by atoms with Gasteiger partial charge in [-0.3, -0.25) is 9.80 Å². The molecule has 10 nitrogen and oxygen atoms in total. The first kappa shape index (κ1) is 25.6. The summed E-state index contributed by atoms with van der Waals surface area (Å²) in [7, 11) is 0. The molecule has 1 aliphatic heterocycles. The van der Waals surface area contributed by atoms with Gasteiger partial charge in [0.1, 0.15) is 29.9 Å². The summed E-state index contributed by atoms with van der Waals surface area (Å²) in [5.41, 5.74) is 0.715. The van der Waals surface area contributed by atoms with Gasteiger partial charge >= 0.3 is 0 Å². The topological polar surface area (TPSA) is 112 Å². The van der Waals surface area contributed by atoms with E-state index in [4.69, 9.17) is 0 Å². The third-order valence-electron chi connectivity index (χ3n) is 6.71. The van der Waals surface area contributed by atoms with Gasteiger partial charge in [0.15, 0.2) is 0 Å². The molecule has 0 aliphatic carbocycles. The predicted molar refractivity (Wildman–Crippen MR) is 132 cm³/mol. The minimum absolute atomic E-state index is 0.0198. The summed E-state index contributed by atoms with van der Waals surface area (Å²) in [4.78, 5) is 8.21. The maximum atomic E-state index is 14.7. The molecule has 4 aromatic rings. The number of aromatic nitrogens is 6. The molecule has 12 heteroatoms. The molecule has 1 saturated heterocycles.